The second-order valence-corrected chi connectivity index (χ2v) is 8.02. The lowest BCUT2D eigenvalue weighted by atomic mass is 9.91. The van der Waals surface area contributed by atoms with Crippen molar-refractivity contribution in [3.05, 3.63) is 64.7 Å². The molecule has 29 heavy (non-hydrogen) atoms. The Labute approximate surface area is 169 Å². The Kier molecular flexibility index (Phi) is 4.72. The molecule has 1 fully saturated rings. The summed E-state index contributed by atoms with van der Waals surface area (Å²) in [5.74, 6) is 0.468. The molecule has 0 aliphatic carbocycles. The van der Waals surface area contributed by atoms with E-state index in [4.69, 9.17) is 4.52 Å². The molecule has 1 aliphatic rings. The van der Waals surface area contributed by atoms with Gasteiger partial charge in [-0.15, -0.1) is 0 Å². The number of benzene rings is 2. The normalized spacial score (nSPS) is 16.2. The number of hydrogen-bond acceptors (Lipinski definition) is 4. The van der Waals surface area contributed by atoms with Crippen LogP contribution in [-0.2, 0) is 13.6 Å². The van der Waals surface area contributed by atoms with Crippen molar-refractivity contribution in [2.45, 2.75) is 31.7 Å². The minimum atomic E-state index is 0.0721. The van der Waals surface area contributed by atoms with Gasteiger partial charge in [0.25, 0.3) is 0 Å². The van der Waals surface area contributed by atoms with E-state index in [2.05, 4.69) is 16.1 Å². The van der Waals surface area contributed by atoms with Crippen LogP contribution < -0.4 is 5.69 Å². The molecule has 1 saturated heterocycles. The summed E-state index contributed by atoms with van der Waals surface area (Å²) in [5.41, 5.74) is 4.09. The SMILES string of the molecule is Cn1c(=O)n(CCCN2CCC(c3noc4ccccc34)CC2)c2ccccc21. The quantitative estimate of drug-likeness (QED) is 0.521. The number of imidazole rings is 1. The summed E-state index contributed by atoms with van der Waals surface area (Å²) >= 11 is 0. The van der Waals surface area contributed by atoms with Gasteiger partial charge in [-0.2, -0.15) is 0 Å². The van der Waals surface area contributed by atoms with E-state index in [1.165, 1.54) is 0 Å². The number of hydrogen-bond donors (Lipinski definition) is 0. The van der Waals surface area contributed by atoms with Gasteiger partial charge in [-0.1, -0.05) is 29.4 Å². The highest BCUT2D eigenvalue weighted by Gasteiger charge is 2.24. The second-order valence-electron chi connectivity index (χ2n) is 8.02. The Hall–Kier alpha value is -2.86. The summed E-state index contributed by atoms with van der Waals surface area (Å²) in [6, 6.07) is 16.1. The van der Waals surface area contributed by atoms with E-state index >= 15 is 0 Å². The first-order chi connectivity index (χ1) is 14.2. The molecule has 0 radical (unpaired) electrons. The first kappa shape index (κ1) is 18.2. The van der Waals surface area contributed by atoms with Gasteiger partial charge in [0.2, 0.25) is 0 Å². The third kappa shape index (κ3) is 3.27. The summed E-state index contributed by atoms with van der Waals surface area (Å²) < 4.78 is 9.14. The topological polar surface area (TPSA) is 56.2 Å². The summed E-state index contributed by atoms with van der Waals surface area (Å²) in [4.78, 5) is 15.1. The number of rotatable bonds is 5. The van der Waals surface area contributed by atoms with E-state index in [1.807, 2.05) is 54.1 Å². The molecule has 0 spiro atoms. The first-order valence-corrected chi connectivity index (χ1v) is 10.4. The average Bonchev–Trinajstić information content (AvgIpc) is 3.30. The van der Waals surface area contributed by atoms with Crippen LogP contribution in [0.15, 0.2) is 57.8 Å². The number of para-hydroxylation sites is 3. The largest absolute Gasteiger partial charge is 0.356 e. The van der Waals surface area contributed by atoms with Crippen LogP contribution in [-0.4, -0.2) is 38.8 Å². The van der Waals surface area contributed by atoms with E-state index in [0.29, 0.717) is 5.92 Å². The van der Waals surface area contributed by atoms with Gasteiger partial charge in [0.1, 0.15) is 0 Å². The highest BCUT2D eigenvalue weighted by molar-refractivity contribution is 5.79. The Morgan fingerprint density at radius 1 is 1.00 bits per heavy atom. The van der Waals surface area contributed by atoms with Crippen LogP contribution in [0.3, 0.4) is 0 Å². The maximum Gasteiger partial charge on any atom is 0.328 e. The van der Waals surface area contributed by atoms with Crippen molar-refractivity contribution in [1.82, 2.24) is 19.2 Å². The summed E-state index contributed by atoms with van der Waals surface area (Å²) in [7, 11) is 1.85. The Balaban J connectivity index is 1.19. The lowest BCUT2D eigenvalue weighted by Gasteiger charge is -2.31. The predicted octanol–water partition coefficient (Wildman–Crippen LogP) is 3.75. The van der Waals surface area contributed by atoms with Gasteiger partial charge in [-0.3, -0.25) is 9.13 Å². The molecule has 4 aromatic rings. The first-order valence-electron chi connectivity index (χ1n) is 10.4. The molecule has 2 aromatic heterocycles. The molecule has 0 amide bonds. The number of likely N-dealkylation sites (tertiary alicyclic amines) is 1. The smallest absolute Gasteiger partial charge is 0.328 e. The molecule has 0 bridgehead atoms. The van der Waals surface area contributed by atoms with E-state index in [0.717, 1.165) is 73.1 Å². The van der Waals surface area contributed by atoms with Crippen LogP contribution >= 0.6 is 0 Å². The van der Waals surface area contributed by atoms with Crippen LogP contribution in [0.5, 0.6) is 0 Å². The van der Waals surface area contributed by atoms with Crippen molar-refractivity contribution in [2.75, 3.05) is 19.6 Å². The zero-order chi connectivity index (χ0) is 19.8. The van der Waals surface area contributed by atoms with Crippen molar-refractivity contribution in [3.8, 4) is 0 Å². The number of piperidine rings is 1. The molecule has 0 saturated carbocycles. The van der Waals surface area contributed by atoms with Crippen LogP contribution in [0, 0.1) is 0 Å². The van der Waals surface area contributed by atoms with E-state index in [-0.39, 0.29) is 5.69 Å². The highest BCUT2D eigenvalue weighted by atomic mass is 16.5. The van der Waals surface area contributed by atoms with Gasteiger partial charge in [0.05, 0.1) is 16.7 Å². The van der Waals surface area contributed by atoms with E-state index in [1.54, 1.807) is 4.57 Å². The minimum Gasteiger partial charge on any atom is -0.356 e. The molecule has 150 valence electrons. The minimum absolute atomic E-state index is 0.0721. The standard InChI is InChI=1S/C23H26N4O2/c1-25-19-8-3-4-9-20(19)27(23(25)28)14-6-13-26-15-11-17(12-16-26)22-18-7-2-5-10-21(18)29-24-22/h2-5,7-10,17H,6,11-16H2,1H3. The van der Waals surface area contributed by atoms with Gasteiger partial charge in [0, 0.05) is 24.9 Å². The number of aromatic nitrogens is 3. The summed E-state index contributed by atoms with van der Waals surface area (Å²) in [5, 5.41) is 5.51. The Bertz CT molecular complexity index is 1190. The number of fused-ring (bicyclic) bond motifs is 2. The van der Waals surface area contributed by atoms with Crippen molar-refractivity contribution < 1.29 is 4.52 Å². The average molecular weight is 390 g/mol. The molecule has 0 N–H and O–H groups in total. The molecular formula is C23H26N4O2. The highest BCUT2D eigenvalue weighted by Crippen LogP contribution is 2.32. The van der Waals surface area contributed by atoms with Crippen LogP contribution in [0.4, 0.5) is 0 Å². The molecular weight excluding hydrogens is 364 g/mol. The molecule has 0 atom stereocenters. The van der Waals surface area contributed by atoms with Crippen molar-refractivity contribution >= 4 is 22.0 Å². The third-order valence-corrected chi connectivity index (χ3v) is 6.29. The fraction of sp³-hybridized carbons (Fsp3) is 0.391. The molecule has 3 heterocycles. The molecule has 6 nitrogen and oxygen atoms in total. The van der Waals surface area contributed by atoms with Gasteiger partial charge >= 0.3 is 5.69 Å². The van der Waals surface area contributed by atoms with E-state index < -0.39 is 0 Å². The maximum absolute atomic E-state index is 12.5. The van der Waals surface area contributed by atoms with Crippen molar-refractivity contribution in [3.63, 3.8) is 0 Å². The maximum atomic E-state index is 12.5. The van der Waals surface area contributed by atoms with E-state index in [9.17, 15) is 4.79 Å². The summed E-state index contributed by atoms with van der Waals surface area (Å²) in [6.07, 6.45) is 3.18. The summed E-state index contributed by atoms with van der Waals surface area (Å²) in [6.45, 7) is 3.91. The zero-order valence-electron chi connectivity index (χ0n) is 16.8. The number of aryl methyl sites for hydroxylation is 2. The predicted molar refractivity (Wildman–Crippen MR) is 114 cm³/mol. The molecule has 0 unspecified atom stereocenters. The Morgan fingerprint density at radius 3 is 2.55 bits per heavy atom. The second kappa shape index (κ2) is 7.52. The van der Waals surface area contributed by atoms with Gasteiger partial charge in [0.15, 0.2) is 5.58 Å². The Morgan fingerprint density at radius 2 is 1.72 bits per heavy atom. The molecule has 5 rings (SSSR count). The van der Waals surface area contributed by atoms with Gasteiger partial charge in [-0.05, 0) is 63.2 Å². The van der Waals surface area contributed by atoms with Crippen LogP contribution in [0.25, 0.3) is 22.0 Å². The third-order valence-electron chi connectivity index (χ3n) is 6.29. The van der Waals surface area contributed by atoms with Crippen molar-refractivity contribution in [2.24, 2.45) is 7.05 Å². The fourth-order valence-corrected chi connectivity index (χ4v) is 4.66. The number of nitrogens with zero attached hydrogens (tertiary/aromatic N) is 4. The van der Waals surface area contributed by atoms with Gasteiger partial charge < -0.3 is 9.42 Å². The lowest BCUT2D eigenvalue weighted by molar-refractivity contribution is 0.204. The lowest BCUT2D eigenvalue weighted by Crippen LogP contribution is -2.34. The fourth-order valence-electron chi connectivity index (χ4n) is 4.66. The van der Waals surface area contributed by atoms with Crippen LogP contribution in [0.2, 0.25) is 0 Å². The molecule has 1 aliphatic heterocycles. The molecule has 6 heteroatoms. The van der Waals surface area contributed by atoms with Crippen molar-refractivity contribution in [1.29, 1.82) is 0 Å². The molecule has 2 aromatic carbocycles. The zero-order valence-corrected chi connectivity index (χ0v) is 16.8. The van der Waals surface area contributed by atoms with Crippen LogP contribution in [0.1, 0.15) is 30.9 Å². The van der Waals surface area contributed by atoms with Gasteiger partial charge in [-0.25, -0.2) is 4.79 Å². The monoisotopic (exact) mass is 390 g/mol.